The number of carboxylic acids is 1. The number of morpholine rings is 1. The Bertz CT molecular complexity index is 285. The maximum Gasteiger partial charge on any atom is 0.328 e. The van der Waals surface area contributed by atoms with Crippen molar-refractivity contribution in [3.63, 3.8) is 0 Å². The molecule has 1 heterocycles. The third kappa shape index (κ3) is 4.50. The zero-order chi connectivity index (χ0) is 13.4. The molecule has 1 aliphatic rings. The van der Waals surface area contributed by atoms with Crippen molar-refractivity contribution in [2.75, 3.05) is 39.4 Å². The molecule has 3 N–H and O–H groups in total. The highest BCUT2D eigenvalue weighted by Gasteiger charge is 2.32. The monoisotopic (exact) mass is 259 g/mol. The summed E-state index contributed by atoms with van der Waals surface area (Å²) >= 11 is 0. The highest BCUT2D eigenvalue weighted by Crippen LogP contribution is 2.07. The molecule has 1 fully saturated rings. The SMILES string of the molecule is CCNCCCNC(=O)N1CCOCC1C(=O)O. The maximum atomic E-state index is 11.8. The van der Waals surface area contributed by atoms with E-state index < -0.39 is 12.0 Å². The lowest BCUT2D eigenvalue weighted by molar-refractivity contribution is -0.147. The lowest BCUT2D eigenvalue weighted by Crippen LogP contribution is -2.55. The lowest BCUT2D eigenvalue weighted by atomic mass is 10.2. The molecule has 7 heteroatoms. The first-order valence-corrected chi connectivity index (χ1v) is 6.22. The molecular weight excluding hydrogens is 238 g/mol. The predicted octanol–water partition coefficient (Wildman–Crippen LogP) is -0.519. The van der Waals surface area contributed by atoms with Gasteiger partial charge in [-0.2, -0.15) is 0 Å². The van der Waals surface area contributed by atoms with Crippen LogP contribution in [0, 0.1) is 0 Å². The number of nitrogens with one attached hydrogen (secondary N) is 2. The van der Waals surface area contributed by atoms with Crippen LogP contribution in [0.25, 0.3) is 0 Å². The Morgan fingerprint density at radius 1 is 1.44 bits per heavy atom. The van der Waals surface area contributed by atoms with Gasteiger partial charge in [-0.05, 0) is 19.5 Å². The molecule has 2 amide bonds. The molecule has 1 rings (SSSR count). The van der Waals surface area contributed by atoms with E-state index in [1.54, 1.807) is 0 Å². The molecule has 0 aromatic rings. The standard InChI is InChI=1S/C11H21N3O4/c1-2-12-4-3-5-13-11(17)14-6-7-18-8-9(14)10(15)16/h9,12H,2-8H2,1H3,(H,13,17)(H,15,16). The van der Waals surface area contributed by atoms with Gasteiger partial charge in [0.15, 0.2) is 6.04 Å². The average molecular weight is 259 g/mol. The number of rotatable bonds is 6. The highest BCUT2D eigenvalue weighted by atomic mass is 16.5. The largest absolute Gasteiger partial charge is 0.480 e. The number of carbonyl (C=O) groups is 2. The fourth-order valence-corrected chi connectivity index (χ4v) is 1.74. The summed E-state index contributed by atoms with van der Waals surface area (Å²) in [6.45, 7) is 5.05. The Morgan fingerprint density at radius 3 is 2.89 bits per heavy atom. The summed E-state index contributed by atoms with van der Waals surface area (Å²) in [5.41, 5.74) is 0. The Morgan fingerprint density at radius 2 is 2.22 bits per heavy atom. The van der Waals surface area contributed by atoms with E-state index in [1.165, 1.54) is 4.90 Å². The molecule has 1 unspecified atom stereocenters. The van der Waals surface area contributed by atoms with E-state index in [-0.39, 0.29) is 12.6 Å². The van der Waals surface area contributed by atoms with E-state index >= 15 is 0 Å². The first-order chi connectivity index (χ1) is 8.66. The molecule has 104 valence electrons. The van der Waals surface area contributed by atoms with Crippen LogP contribution in [-0.4, -0.2) is 67.4 Å². The van der Waals surface area contributed by atoms with Crippen molar-refractivity contribution in [2.24, 2.45) is 0 Å². The smallest absolute Gasteiger partial charge is 0.328 e. The number of hydrogen-bond acceptors (Lipinski definition) is 4. The minimum absolute atomic E-state index is 0.0557. The zero-order valence-corrected chi connectivity index (χ0v) is 10.6. The molecule has 0 aliphatic carbocycles. The highest BCUT2D eigenvalue weighted by molar-refractivity contribution is 5.82. The maximum absolute atomic E-state index is 11.8. The number of nitrogens with zero attached hydrogens (tertiary/aromatic N) is 1. The summed E-state index contributed by atoms with van der Waals surface area (Å²) in [4.78, 5) is 24.1. The second-order valence-corrected chi connectivity index (χ2v) is 4.06. The van der Waals surface area contributed by atoms with Gasteiger partial charge in [-0.25, -0.2) is 9.59 Å². The van der Waals surface area contributed by atoms with Crippen molar-refractivity contribution in [1.29, 1.82) is 0 Å². The van der Waals surface area contributed by atoms with Gasteiger partial charge in [0.1, 0.15) is 0 Å². The van der Waals surface area contributed by atoms with Gasteiger partial charge in [0.2, 0.25) is 0 Å². The summed E-state index contributed by atoms with van der Waals surface area (Å²) in [6, 6.07) is -1.21. The number of ether oxygens (including phenoxy) is 1. The van der Waals surface area contributed by atoms with E-state index in [1.807, 2.05) is 6.92 Å². The van der Waals surface area contributed by atoms with Crippen LogP contribution in [0.1, 0.15) is 13.3 Å². The van der Waals surface area contributed by atoms with Crippen LogP contribution in [0.3, 0.4) is 0 Å². The minimum atomic E-state index is -1.03. The first-order valence-electron chi connectivity index (χ1n) is 6.22. The quantitative estimate of drug-likeness (QED) is 0.558. The van der Waals surface area contributed by atoms with Crippen molar-refractivity contribution >= 4 is 12.0 Å². The van der Waals surface area contributed by atoms with Gasteiger partial charge < -0.3 is 25.4 Å². The summed E-state index contributed by atoms with van der Waals surface area (Å²) in [5, 5.41) is 14.9. The van der Waals surface area contributed by atoms with Crippen LogP contribution in [0.15, 0.2) is 0 Å². The number of aliphatic carboxylic acids is 1. The molecule has 18 heavy (non-hydrogen) atoms. The molecular formula is C11H21N3O4. The molecule has 0 radical (unpaired) electrons. The molecule has 1 aliphatic heterocycles. The molecule has 7 nitrogen and oxygen atoms in total. The Balaban J connectivity index is 2.32. The third-order valence-corrected chi connectivity index (χ3v) is 2.73. The molecule has 0 spiro atoms. The Kier molecular flexibility index (Phi) is 6.45. The number of carbonyl (C=O) groups excluding carboxylic acids is 1. The summed E-state index contributed by atoms with van der Waals surface area (Å²) in [7, 11) is 0. The van der Waals surface area contributed by atoms with Gasteiger partial charge in [0.25, 0.3) is 0 Å². The fourth-order valence-electron chi connectivity index (χ4n) is 1.74. The summed E-state index contributed by atoms with van der Waals surface area (Å²) < 4.78 is 5.07. The van der Waals surface area contributed by atoms with Crippen molar-refractivity contribution in [2.45, 2.75) is 19.4 Å². The summed E-state index contributed by atoms with van der Waals surface area (Å²) in [6.07, 6.45) is 0.821. The van der Waals surface area contributed by atoms with Crippen molar-refractivity contribution in [3.05, 3.63) is 0 Å². The van der Waals surface area contributed by atoms with E-state index in [4.69, 9.17) is 9.84 Å². The van der Waals surface area contributed by atoms with Gasteiger partial charge in [-0.3, -0.25) is 0 Å². The van der Waals surface area contributed by atoms with Crippen LogP contribution in [0.4, 0.5) is 4.79 Å². The van der Waals surface area contributed by atoms with E-state index in [2.05, 4.69) is 10.6 Å². The van der Waals surface area contributed by atoms with Crippen LogP contribution in [0.2, 0.25) is 0 Å². The average Bonchev–Trinajstić information content (AvgIpc) is 2.38. The number of carboxylic acid groups (broad SMARTS) is 1. The van der Waals surface area contributed by atoms with Crippen molar-refractivity contribution in [1.82, 2.24) is 15.5 Å². The molecule has 0 saturated carbocycles. The van der Waals surface area contributed by atoms with Gasteiger partial charge in [-0.15, -0.1) is 0 Å². The molecule has 0 aromatic heterocycles. The van der Waals surface area contributed by atoms with Crippen LogP contribution < -0.4 is 10.6 Å². The minimum Gasteiger partial charge on any atom is -0.480 e. The second kappa shape index (κ2) is 7.88. The van der Waals surface area contributed by atoms with Crippen LogP contribution in [-0.2, 0) is 9.53 Å². The topological polar surface area (TPSA) is 90.9 Å². The van der Waals surface area contributed by atoms with Gasteiger partial charge in [0.05, 0.1) is 13.2 Å². The van der Waals surface area contributed by atoms with E-state index in [0.29, 0.717) is 19.7 Å². The van der Waals surface area contributed by atoms with Crippen LogP contribution in [0.5, 0.6) is 0 Å². The van der Waals surface area contributed by atoms with E-state index in [9.17, 15) is 9.59 Å². The molecule has 1 atom stereocenters. The number of amides is 2. The Hall–Kier alpha value is -1.34. The molecule has 0 bridgehead atoms. The molecule has 0 aromatic carbocycles. The van der Waals surface area contributed by atoms with Gasteiger partial charge in [0, 0.05) is 13.1 Å². The Labute approximate surface area is 106 Å². The summed E-state index contributed by atoms with van der Waals surface area (Å²) in [5.74, 6) is -1.03. The van der Waals surface area contributed by atoms with Gasteiger partial charge in [-0.1, -0.05) is 6.92 Å². The molecule has 1 saturated heterocycles. The second-order valence-electron chi connectivity index (χ2n) is 4.06. The van der Waals surface area contributed by atoms with E-state index in [0.717, 1.165) is 19.5 Å². The first kappa shape index (κ1) is 14.7. The van der Waals surface area contributed by atoms with Crippen molar-refractivity contribution in [3.8, 4) is 0 Å². The van der Waals surface area contributed by atoms with Gasteiger partial charge >= 0.3 is 12.0 Å². The predicted molar refractivity (Wildman–Crippen MR) is 65.5 cm³/mol. The normalized spacial score (nSPS) is 19.6. The van der Waals surface area contributed by atoms with Crippen LogP contribution >= 0.6 is 0 Å². The van der Waals surface area contributed by atoms with Crippen molar-refractivity contribution < 1.29 is 19.4 Å². The third-order valence-electron chi connectivity index (χ3n) is 2.73. The zero-order valence-electron chi connectivity index (χ0n) is 10.6. The number of hydrogen-bond donors (Lipinski definition) is 3. The number of urea groups is 1. The fraction of sp³-hybridized carbons (Fsp3) is 0.818. The lowest BCUT2D eigenvalue weighted by Gasteiger charge is -2.32.